The normalized spacial score (nSPS) is 12.6. The van der Waals surface area contributed by atoms with Gasteiger partial charge in [0.05, 0.1) is 0 Å². The van der Waals surface area contributed by atoms with Crippen molar-refractivity contribution in [3.05, 3.63) is 0 Å². The van der Waals surface area contributed by atoms with E-state index >= 15 is 0 Å². The van der Waals surface area contributed by atoms with Crippen molar-refractivity contribution in [2.75, 3.05) is 157 Å². The lowest BCUT2D eigenvalue weighted by atomic mass is 9.94. The number of nitrogens with zero attached hydrogens (tertiary/aromatic N) is 4. The number of hydrogen-bond donors (Lipinski definition) is 9. The van der Waals surface area contributed by atoms with Gasteiger partial charge in [-0.1, -0.05) is 13.8 Å². The molecule has 0 unspecified atom stereocenters. The molecule has 0 heterocycles. The Balaban J connectivity index is 4.92. The maximum atomic E-state index is 5.92. The second-order valence-corrected chi connectivity index (χ2v) is 11.4. The van der Waals surface area contributed by atoms with Gasteiger partial charge in [0.2, 0.25) is 0 Å². The van der Waals surface area contributed by atoms with Gasteiger partial charge < -0.3 is 50.4 Å². The Morgan fingerprint density at radius 2 is 0.725 bits per heavy atom. The summed E-state index contributed by atoms with van der Waals surface area (Å²) in [5.74, 6) is 0. The highest BCUT2D eigenvalue weighted by Crippen LogP contribution is 2.09. The Hall–Kier alpha value is -0.520. The zero-order valence-corrected chi connectivity index (χ0v) is 26.2. The number of rotatable bonds is 31. The van der Waals surface area contributed by atoms with Crippen molar-refractivity contribution in [3.63, 3.8) is 0 Å². The first-order valence-electron chi connectivity index (χ1n) is 15.6. The van der Waals surface area contributed by atoms with Crippen molar-refractivity contribution in [1.29, 1.82) is 0 Å². The van der Waals surface area contributed by atoms with Gasteiger partial charge in [0.15, 0.2) is 0 Å². The van der Waals surface area contributed by atoms with Gasteiger partial charge in [-0.05, 0) is 12.0 Å². The first-order valence-corrected chi connectivity index (χ1v) is 15.6. The van der Waals surface area contributed by atoms with E-state index in [2.05, 4.69) is 49.4 Å². The molecule has 0 rings (SSSR count). The van der Waals surface area contributed by atoms with E-state index in [0.717, 1.165) is 118 Å². The third-order valence-electron chi connectivity index (χ3n) is 7.14. The van der Waals surface area contributed by atoms with Crippen molar-refractivity contribution in [2.45, 2.75) is 13.8 Å². The number of nitrogens with one attached hydrogen (secondary N) is 3. The van der Waals surface area contributed by atoms with Crippen LogP contribution in [0.5, 0.6) is 0 Å². The maximum absolute atomic E-state index is 5.92. The predicted molar refractivity (Wildman–Crippen MR) is 172 cm³/mol. The fourth-order valence-corrected chi connectivity index (χ4v) is 4.44. The molecule has 0 amide bonds. The third kappa shape index (κ3) is 23.1. The first-order chi connectivity index (χ1) is 19.3. The van der Waals surface area contributed by atoms with E-state index in [1.165, 1.54) is 0 Å². The fraction of sp³-hybridized carbons (Fsp3) is 1.00. The summed E-state index contributed by atoms with van der Waals surface area (Å²) in [6.07, 6.45) is 0. The zero-order valence-electron chi connectivity index (χ0n) is 26.2. The molecule has 15 N–H and O–H groups in total. The summed E-state index contributed by atoms with van der Waals surface area (Å²) in [6.45, 7) is 25.4. The fourth-order valence-electron chi connectivity index (χ4n) is 4.44. The van der Waals surface area contributed by atoms with Crippen molar-refractivity contribution >= 4 is 0 Å². The van der Waals surface area contributed by atoms with Crippen LogP contribution in [0.25, 0.3) is 0 Å². The number of nitrogens with two attached hydrogens (primary N) is 6. The SMILES string of the molecule is CC(C)(CN)CNCCN(CCN(CCN)CCN)CCN(CCNCCN)CCNCCN(CCN)CCN. The third-order valence-corrected chi connectivity index (χ3v) is 7.14. The Labute approximate surface area is 246 Å². The molecule has 0 radical (unpaired) electrons. The van der Waals surface area contributed by atoms with E-state index in [9.17, 15) is 0 Å². The quantitative estimate of drug-likeness (QED) is 0.0360. The molecule has 0 saturated carbocycles. The molecule has 40 heavy (non-hydrogen) atoms. The van der Waals surface area contributed by atoms with E-state index in [1.807, 2.05) is 0 Å². The minimum Gasteiger partial charge on any atom is -0.330 e. The smallest absolute Gasteiger partial charge is 0.0110 e. The van der Waals surface area contributed by atoms with E-state index in [0.29, 0.717) is 39.3 Å². The minimum absolute atomic E-state index is 0.107. The lowest BCUT2D eigenvalue weighted by Crippen LogP contribution is -2.46. The van der Waals surface area contributed by atoms with Crippen LogP contribution in [0, 0.1) is 5.41 Å². The van der Waals surface area contributed by atoms with Crippen LogP contribution in [0.4, 0.5) is 0 Å². The van der Waals surface area contributed by atoms with E-state index in [4.69, 9.17) is 34.4 Å². The number of hydrogen-bond acceptors (Lipinski definition) is 13. The van der Waals surface area contributed by atoms with Gasteiger partial charge in [0.25, 0.3) is 0 Å². The van der Waals surface area contributed by atoms with Crippen LogP contribution in [-0.2, 0) is 0 Å². The molecule has 13 nitrogen and oxygen atoms in total. The molecule has 0 aliphatic heterocycles. The van der Waals surface area contributed by atoms with Gasteiger partial charge in [0, 0.05) is 151 Å². The average molecular weight is 576 g/mol. The summed E-state index contributed by atoms with van der Waals surface area (Å²) in [5.41, 5.74) is 34.9. The molecule has 0 atom stereocenters. The van der Waals surface area contributed by atoms with Gasteiger partial charge in [-0.15, -0.1) is 0 Å². The molecule has 0 fully saturated rings. The van der Waals surface area contributed by atoms with Crippen LogP contribution in [0.1, 0.15) is 13.8 Å². The summed E-state index contributed by atoms with van der Waals surface area (Å²) in [7, 11) is 0. The molecule has 0 aromatic heterocycles. The summed E-state index contributed by atoms with van der Waals surface area (Å²) >= 11 is 0. The Kier molecular flexibility index (Phi) is 27.0. The summed E-state index contributed by atoms with van der Waals surface area (Å²) in [6, 6.07) is 0. The van der Waals surface area contributed by atoms with Gasteiger partial charge >= 0.3 is 0 Å². The summed E-state index contributed by atoms with van der Waals surface area (Å²) in [4.78, 5) is 9.80. The largest absolute Gasteiger partial charge is 0.330 e. The standard InChI is InChI=1S/C27H69N13/c1-27(2,25-33)26-36-12-20-40(23-21-38(15-6-31)16-7-32)24-22-39(18-9-34-8-3-28)19-11-35-10-17-37(13-4-29)14-5-30/h34-36H,3-26,28-33H2,1-2H3. The summed E-state index contributed by atoms with van der Waals surface area (Å²) < 4.78 is 0. The molecular weight excluding hydrogens is 506 g/mol. The van der Waals surface area contributed by atoms with Gasteiger partial charge in [-0.2, -0.15) is 0 Å². The zero-order chi connectivity index (χ0) is 29.9. The molecule has 0 aromatic carbocycles. The van der Waals surface area contributed by atoms with Gasteiger partial charge in [-0.3, -0.25) is 19.6 Å². The molecule has 0 spiro atoms. The van der Waals surface area contributed by atoms with Crippen molar-refractivity contribution in [3.8, 4) is 0 Å². The maximum Gasteiger partial charge on any atom is 0.0110 e. The van der Waals surface area contributed by atoms with Crippen LogP contribution < -0.4 is 50.4 Å². The van der Waals surface area contributed by atoms with Crippen LogP contribution in [0.15, 0.2) is 0 Å². The molecule has 0 aromatic rings. The van der Waals surface area contributed by atoms with Crippen LogP contribution in [-0.4, -0.2) is 177 Å². The second kappa shape index (κ2) is 27.3. The minimum atomic E-state index is 0.107. The monoisotopic (exact) mass is 576 g/mol. The Morgan fingerprint density at radius 1 is 0.400 bits per heavy atom. The van der Waals surface area contributed by atoms with Gasteiger partial charge in [-0.25, -0.2) is 0 Å². The molecule has 0 saturated heterocycles. The first kappa shape index (κ1) is 39.5. The highest BCUT2D eigenvalue weighted by molar-refractivity contribution is 4.74. The van der Waals surface area contributed by atoms with Crippen molar-refractivity contribution in [1.82, 2.24) is 35.6 Å². The van der Waals surface area contributed by atoms with E-state index in [-0.39, 0.29) is 5.41 Å². The highest BCUT2D eigenvalue weighted by Gasteiger charge is 2.16. The van der Waals surface area contributed by atoms with Crippen LogP contribution in [0.3, 0.4) is 0 Å². The van der Waals surface area contributed by atoms with Gasteiger partial charge in [0.1, 0.15) is 0 Å². The Morgan fingerprint density at radius 3 is 1.10 bits per heavy atom. The summed E-state index contributed by atoms with van der Waals surface area (Å²) in [5, 5.41) is 10.7. The second-order valence-electron chi connectivity index (χ2n) is 11.4. The molecule has 13 heteroatoms. The molecular formula is C27H69N13. The highest BCUT2D eigenvalue weighted by atomic mass is 15.2. The Bertz CT molecular complexity index is 515. The van der Waals surface area contributed by atoms with E-state index < -0.39 is 0 Å². The van der Waals surface area contributed by atoms with Crippen LogP contribution >= 0.6 is 0 Å². The molecule has 0 aliphatic rings. The topological polar surface area (TPSA) is 205 Å². The van der Waals surface area contributed by atoms with Crippen LogP contribution in [0.2, 0.25) is 0 Å². The average Bonchev–Trinajstić information content (AvgIpc) is 2.93. The lowest BCUT2D eigenvalue weighted by molar-refractivity contribution is 0.176. The lowest BCUT2D eigenvalue weighted by Gasteiger charge is -2.31. The van der Waals surface area contributed by atoms with E-state index in [1.54, 1.807) is 0 Å². The van der Waals surface area contributed by atoms with Crippen molar-refractivity contribution in [2.24, 2.45) is 39.8 Å². The predicted octanol–water partition coefficient (Wildman–Crippen LogP) is -4.26. The molecule has 0 aliphatic carbocycles. The van der Waals surface area contributed by atoms with Crippen molar-refractivity contribution < 1.29 is 0 Å². The molecule has 242 valence electrons. The molecule has 0 bridgehead atoms.